The van der Waals surface area contributed by atoms with Gasteiger partial charge in [0.2, 0.25) is 17.7 Å². The highest BCUT2D eigenvalue weighted by Crippen LogP contribution is 2.41. The van der Waals surface area contributed by atoms with Crippen molar-refractivity contribution < 1.29 is 33.5 Å². The molecule has 0 unspecified atom stereocenters. The van der Waals surface area contributed by atoms with Gasteiger partial charge < -0.3 is 20.6 Å². The lowest BCUT2D eigenvalue weighted by Crippen LogP contribution is -2.70. The van der Waals surface area contributed by atoms with E-state index < -0.39 is 29.2 Å². The maximum atomic E-state index is 13.1. The zero-order chi connectivity index (χ0) is 29.1. The van der Waals surface area contributed by atoms with Gasteiger partial charge in [0.15, 0.2) is 0 Å². The number of aliphatic carboxylic acids is 1. The molecular formula is C28H25FN4O6S2. The molecule has 3 heterocycles. The summed E-state index contributed by atoms with van der Waals surface area (Å²) >= 11 is 2.49. The van der Waals surface area contributed by atoms with E-state index in [1.807, 2.05) is 6.07 Å². The third kappa shape index (κ3) is 6.30. The zero-order valence-electron chi connectivity index (χ0n) is 21.5. The summed E-state index contributed by atoms with van der Waals surface area (Å²) in [5.41, 5.74) is 1.08. The summed E-state index contributed by atoms with van der Waals surface area (Å²) in [5.74, 6) is -3.12. The number of nitrogens with one attached hydrogen (secondary N) is 2. The van der Waals surface area contributed by atoms with E-state index in [4.69, 9.17) is 0 Å². The smallest absolute Gasteiger partial charge is 0.352 e. The Balaban J connectivity index is 1.21. The van der Waals surface area contributed by atoms with E-state index in [9.17, 15) is 33.5 Å². The van der Waals surface area contributed by atoms with Crippen molar-refractivity contribution >= 4 is 58.8 Å². The normalized spacial score (nSPS) is 21.0. The van der Waals surface area contributed by atoms with Crippen LogP contribution in [0, 0.1) is 5.82 Å². The molecule has 0 aliphatic carbocycles. The number of thioether (sulfide) groups is 2. The highest BCUT2D eigenvalue weighted by molar-refractivity contribution is 8.00. The lowest BCUT2D eigenvalue weighted by atomic mass is 10.0. The molecule has 2 saturated heterocycles. The second-order valence-corrected chi connectivity index (χ2v) is 11.6. The van der Waals surface area contributed by atoms with Crippen LogP contribution in [0.2, 0.25) is 0 Å². The minimum atomic E-state index is -1.31. The van der Waals surface area contributed by atoms with Gasteiger partial charge in [-0.05, 0) is 54.5 Å². The van der Waals surface area contributed by atoms with Crippen LogP contribution < -0.4 is 10.6 Å². The molecule has 2 aromatic carbocycles. The fourth-order valence-electron chi connectivity index (χ4n) is 4.71. The van der Waals surface area contributed by atoms with Gasteiger partial charge >= 0.3 is 5.97 Å². The van der Waals surface area contributed by atoms with Crippen molar-refractivity contribution in [2.24, 2.45) is 0 Å². The Morgan fingerprint density at radius 1 is 1.07 bits per heavy atom. The summed E-state index contributed by atoms with van der Waals surface area (Å²) in [6.07, 6.45) is 1.84. The first-order valence-electron chi connectivity index (χ1n) is 12.6. The fraction of sp³-hybridized carbons (Fsp3) is 0.250. The minimum absolute atomic E-state index is 0.00770. The molecule has 3 aliphatic rings. The quantitative estimate of drug-likeness (QED) is 0.228. The standard InChI is InChI=1S/C28H25FN4O6S2/c29-18-6-8-20(9-7-18)40-15-22(35)31-23-26(37)33-24(28(38)39)17(14-41-27(23)33)12-16-10-11-32(25(16)36)13-21(34)30-19-4-2-1-3-5-19/h1-9,12,23,27H,10-11,13-15H2,(H,30,34)(H,31,35)(H,38,39)/b16-12+/t23-,27-/m1/s1. The molecule has 212 valence electrons. The van der Waals surface area contributed by atoms with Gasteiger partial charge in [-0.3, -0.25) is 24.1 Å². The molecule has 2 aromatic rings. The lowest BCUT2D eigenvalue weighted by molar-refractivity contribution is -0.150. The van der Waals surface area contributed by atoms with E-state index in [1.165, 1.54) is 46.6 Å². The number of para-hydroxylation sites is 1. The zero-order valence-corrected chi connectivity index (χ0v) is 23.2. The van der Waals surface area contributed by atoms with E-state index in [-0.39, 0.29) is 41.4 Å². The average Bonchev–Trinajstić information content (AvgIpc) is 3.29. The molecule has 2 fully saturated rings. The average molecular weight is 597 g/mol. The van der Waals surface area contributed by atoms with Gasteiger partial charge in [-0.1, -0.05) is 18.2 Å². The first-order chi connectivity index (χ1) is 19.7. The van der Waals surface area contributed by atoms with E-state index in [1.54, 1.807) is 36.4 Å². The number of carboxylic acid groups (broad SMARTS) is 1. The number of fused-ring (bicyclic) bond motifs is 1. The lowest BCUT2D eigenvalue weighted by Gasteiger charge is -2.49. The van der Waals surface area contributed by atoms with E-state index in [0.29, 0.717) is 34.7 Å². The van der Waals surface area contributed by atoms with Crippen LogP contribution in [0.25, 0.3) is 0 Å². The minimum Gasteiger partial charge on any atom is -0.477 e. The summed E-state index contributed by atoms with van der Waals surface area (Å²) < 4.78 is 13.1. The molecule has 41 heavy (non-hydrogen) atoms. The molecule has 0 bridgehead atoms. The number of carbonyl (C=O) groups excluding carboxylic acids is 4. The summed E-state index contributed by atoms with van der Waals surface area (Å²) in [6.45, 7) is 0.170. The number of rotatable bonds is 9. The second kappa shape index (κ2) is 12.2. The number of nitrogens with zero attached hydrogens (tertiary/aromatic N) is 2. The summed E-state index contributed by atoms with van der Waals surface area (Å²) in [7, 11) is 0. The SMILES string of the molecule is O=C(CN1CC/C(=C\C2=C(C(=O)O)N3C(=O)[C@@H](NC(=O)CSc4ccc(F)cc4)[C@H]3SC2)C1=O)Nc1ccccc1. The van der Waals surface area contributed by atoms with E-state index in [0.717, 1.165) is 4.90 Å². The number of β-lactam (4-membered cyclic amide) rings is 1. The van der Waals surface area contributed by atoms with Crippen LogP contribution in [-0.4, -0.2) is 80.5 Å². The fourth-order valence-corrected chi connectivity index (χ4v) is 6.72. The molecule has 4 amide bonds. The Hall–Kier alpha value is -4.10. The van der Waals surface area contributed by atoms with Crippen LogP contribution >= 0.6 is 23.5 Å². The van der Waals surface area contributed by atoms with Crippen LogP contribution in [0.3, 0.4) is 0 Å². The second-order valence-electron chi connectivity index (χ2n) is 9.44. The van der Waals surface area contributed by atoms with Crippen molar-refractivity contribution in [2.45, 2.75) is 22.7 Å². The number of carboxylic acids is 1. The molecular weight excluding hydrogens is 571 g/mol. The van der Waals surface area contributed by atoms with Gasteiger partial charge in [0.1, 0.15) is 29.5 Å². The molecule has 3 aliphatic heterocycles. The van der Waals surface area contributed by atoms with Gasteiger partial charge in [-0.15, -0.1) is 23.5 Å². The van der Waals surface area contributed by atoms with Crippen molar-refractivity contribution in [1.82, 2.24) is 15.1 Å². The van der Waals surface area contributed by atoms with Gasteiger partial charge in [0.25, 0.3) is 5.91 Å². The van der Waals surface area contributed by atoms with Crippen LogP contribution in [0.15, 0.2) is 82.4 Å². The molecule has 0 spiro atoms. The molecule has 0 radical (unpaired) electrons. The van der Waals surface area contributed by atoms with Gasteiger partial charge in [-0.25, -0.2) is 9.18 Å². The number of carbonyl (C=O) groups is 5. The maximum absolute atomic E-state index is 13.1. The van der Waals surface area contributed by atoms with Crippen LogP contribution in [0.5, 0.6) is 0 Å². The third-order valence-electron chi connectivity index (χ3n) is 6.65. The van der Waals surface area contributed by atoms with E-state index in [2.05, 4.69) is 10.6 Å². The first kappa shape index (κ1) is 28.4. The molecule has 0 aromatic heterocycles. The number of anilines is 1. The number of halogens is 1. The molecule has 10 nitrogen and oxygen atoms in total. The van der Waals surface area contributed by atoms with Gasteiger partial charge in [0.05, 0.1) is 5.75 Å². The van der Waals surface area contributed by atoms with Crippen molar-refractivity contribution in [2.75, 3.05) is 29.9 Å². The summed E-state index contributed by atoms with van der Waals surface area (Å²) in [5, 5.41) is 14.8. The summed E-state index contributed by atoms with van der Waals surface area (Å²) in [4.78, 5) is 66.2. The number of hydrogen-bond donors (Lipinski definition) is 3. The van der Waals surface area contributed by atoms with Crippen molar-refractivity contribution in [1.29, 1.82) is 0 Å². The number of likely N-dealkylation sites (tertiary alicyclic amines) is 1. The predicted octanol–water partition coefficient (Wildman–Crippen LogP) is 2.45. The first-order valence-corrected chi connectivity index (χ1v) is 14.7. The topological polar surface area (TPSA) is 136 Å². The Morgan fingerprint density at radius 2 is 1.80 bits per heavy atom. The predicted molar refractivity (Wildman–Crippen MR) is 151 cm³/mol. The molecule has 3 N–H and O–H groups in total. The third-order valence-corrected chi connectivity index (χ3v) is 8.97. The van der Waals surface area contributed by atoms with Gasteiger partial charge in [-0.2, -0.15) is 0 Å². The Morgan fingerprint density at radius 3 is 2.51 bits per heavy atom. The summed E-state index contributed by atoms with van der Waals surface area (Å²) in [6, 6.07) is 13.7. The number of allylic oxidation sites excluding steroid dienone is 1. The molecule has 13 heteroatoms. The van der Waals surface area contributed by atoms with Crippen molar-refractivity contribution in [3.8, 4) is 0 Å². The Kier molecular flexibility index (Phi) is 8.45. The monoisotopic (exact) mass is 596 g/mol. The van der Waals surface area contributed by atoms with Crippen LogP contribution in [0.4, 0.5) is 10.1 Å². The van der Waals surface area contributed by atoms with Gasteiger partial charge in [0, 0.05) is 28.5 Å². The number of benzene rings is 2. The Bertz CT molecular complexity index is 1460. The maximum Gasteiger partial charge on any atom is 0.352 e. The molecule has 2 atom stereocenters. The van der Waals surface area contributed by atoms with Crippen LogP contribution in [-0.2, 0) is 24.0 Å². The highest BCUT2D eigenvalue weighted by Gasteiger charge is 2.54. The number of hydrogen-bond acceptors (Lipinski definition) is 7. The van der Waals surface area contributed by atoms with Crippen molar-refractivity contribution in [3.63, 3.8) is 0 Å². The molecule has 0 saturated carbocycles. The highest BCUT2D eigenvalue weighted by atomic mass is 32.2. The van der Waals surface area contributed by atoms with Crippen molar-refractivity contribution in [3.05, 3.63) is 83.3 Å². The Labute approximate surface area is 243 Å². The van der Waals surface area contributed by atoms with E-state index >= 15 is 0 Å². The van der Waals surface area contributed by atoms with Crippen LogP contribution in [0.1, 0.15) is 6.42 Å². The number of amides is 4. The largest absolute Gasteiger partial charge is 0.477 e. The molecule has 5 rings (SSSR count).